The van der Waals surface area contributed by atoms with E-state index in [2.05, 4.69) is 9.88 Å². The maximum absolute atomic E-state index is 11.5. The second-order valence-electron chi connectivity index (χ2n) is 4.33. The van der Waals surface area contributed by atoms with Crippen molar-refractivity contribution in [3.63, 3.8) is 0 Å². The summed E-state index contributed by atoms with van der Waals surface area (Å²) in [5.41, 5.74) is 6.74. The maximum atomic E-state index is 11.5. The summed E-state index contributed by atoms with van der Waals surface area (Å²) in [6.07, 6.45) is 2.36. The highest BCUT2D eigenvalue weighted by atomic mass is 32.2. The molecule has 6 heteroatoms. The first-order chi connectivity index (χ1) is 8.07. The molecule has 0 saturated carbocycles. The molecule has 2 N–H and O–H groups in total. The second-order valence-corrected chi connectivity index (χ2v) is 6.63. The maximum Gasteiger partial charge on any atom is 0.151 e. The van der Waals surface area contributed by atoms with Crippen molar-refractivity contribution in [2.45, 2.75) is 13.0 Å². The molecule has 17 heavy (non-hydrogen) atoms. The molecule has 0 aromatic carbocycles. The Hall–Kier alpha value is -1.14. The van der Waals surface area contributed by atoms with Crippen molar-refractivity contribution in [2.75, 3.05) is 30.3 Å². The van der Waals surface area contributed by atoms with Gasteiger partial charge in [0, 0.05) is 24.8 Å². The Labute approximate surface area is 102 Å². The summed E-state index contributed by atoms with van der Waals surface area (Å²) < 4.78 is 22.9. The molecular formula is C11H17N3O2S. The molecule has 0 aliphatic carbocycles. The van der Waals surface area contributed by atoms with Gasteiger partial charge < -0.3 is 5.73 Å². The fourth-order valence-corrected chi connectivity index (χ4v) is 3.28. The van der Waals surface area contributed by atoms with E-state index < -0.39 is 9.84 Å². The summed E-state index contributed by atoms with van der Waals surface area (Å²) in [5.74, 6) is 1.07. The topological polar surface area (TPSA) is 76.3 Å². The Kier molecular flexibility index (Phi) is 3.63. The summed E-state index contributed by atoms with van der Waals surface area (Å²) in [6.45, 7) is 2.05. The van der Waals surface area contributed by atoms with Gasteiger partial charge in [-0.2, -0.15) is 0 Å². The number of aromatic nitrogens is 1. The number of sulfone groups is 1. The summed E-state index contributed by atoms with van der Waals surface area (Å²) in [5, 5.41) is 0. The van der Waals surface area contributed by atoms with Crippen LogP contribution in [0, 0.1) is 0 Å². The fourth-order valence-electron chi connectivity index (χ4n) is 1.97. The Morgan fingerprint density at radius 1 is 1.35 bits per heavy atom. The Balaban J connectivity index is 2.03. The Morgan fingerprint density at radius 2 is 2.18 bits per heavy atom. The monoisotopic (exact) mass is 255 g/mol. The van der Waals surface area contributed by atoms with Crippen LogP contribution in [0.2, 0.25) is 0 Å². The first-order valence-electron chi connectivity index (χ1n) is 5.69. The Bertz CT molecular complexity index is 487. The third kappa shape index (κ3) is 3.41. The van der Waals surface area contributed by atoms with Crippen LogP contribution in [0.3, 0.4) is 0 Å². The summed E-state index contributed by atoms with van der Waals surface area (Å²) in [4.78, 5) is 6.15. The normalized spacial score (nSPS) is 20.9. The molecule has 0 spiro atoms. The van der Waals surface area contributed by atoms with Crippen molar-refractivity contribution >= 4 is 15.7 Å². The largest absolute Gasteiger partial charge is 0.383 e. The predicted molar refractivity (Wildman–Crippen MR) is 67.2 cm³/mol. The van der Waals surface area contributed by atoms with Gasteiger partial charge in [0.15, 0.2) is 9.84 Å². The van der Waals surface area contributed by atoms with Crippen LogP contribution in [-0.2, 0) is 16.4 Å². The van der Waals surface area contributed by atoms with E-state index in [1.54, 1.807) is 6.20 Å². The summed E-state index contributed by atoms with van der Waals surface area (Å²) in [6, 6.07) is 3.78. The summed E-state index contributed by atoms with van der Waals surface area (Å²) >= 11 is 0. The van der Waals surface area contributed by atoms with Gasteiger partial charge in [-0.05, 0) is 19.0 Å². The molecule has 1 fully saturated rings. The van der Waals surface area contributed by atoms with Gasteiger partial charge in [-0.1, -0.05) is 6.07 Å². The highest BCUT2D eigenvalue weighted by molar-refractivity contribution is 7.91. The Morgan fingerprint density at radius 3 is 2.94 bits per heavy atom. The molecule has 1 aromatic rings. The molecule has 0 unspecified atom stereocenters. The van der Waals surface area contributed by atoms with E-state index in [4.69, 9.17) is 5.73 Å². The minimum Gasteiger partial charge on any atom is -0.383 e. The number of hydrogen-bond donors (Lipinski definition) is 1. The molecule has 0 amide bonds. The lowest BCUT2D eigenvalue weighted by molar-refractivity contribution is 0.287. The van der Waals surface area contributed by atoms with E-state index in [0.29, 0.717) is 31.1 Å². The van der Waals surface area contributed by atoms with Gasteiger partial charge in [0.1, 0.15) is 5.82 Å². The SMILES string of the molecule is Nc1ncccc1CN1CCCS(=O)(=O)CC1. The quantitative estimate of drug-likeness (QED) is 0.821. The average Bonchev–Trinajstić information content (AvgIpc) is 2.44. The molecule has 0 atom stereocenters. The van der Waals surface area contributed by atoms with E-state index in [1.807, 2.05) is 12.1 Å². The molecule has 1 aliphatic heterocycles. The predicted octanol–water partition coefficient (Wildman–Crippen LogP) is 0.284. The molecule has 0 radical (unpaired) electrons. The van der Waals surface area contributed by atoms with Gasteiger partial charge in [-0.25, -0.2) is 13.4 Å². The first-order valence-corrected chi connectivity index (χ1v) is 7.51. The molecule has 2 rings (SSSR count). The standard InChI is InChI=1S/C11H17N3O2S/c12-11-10(3-1-4-13-11)9-14-5-2-7-17(15,16)8-6-14/h1,3-4H,2,5-9H2,(H2,12,13). The highest BCUT2D eigenvalue weighted by Crippen LogP contribution is 2.13. The summed E-state index contributed by atoms with van der Waals surface area (Å²) in [7, 11) is -2.84. The lowest BCUT2D eigenvalue weighted by atomic mass is 10.2. The van der Waals surface area contributed by atoms with E-state index in [-0.39, 0.29) is 5.75 Å². The smallest absolute Gasteiger partial charge is 0.151 e. The van der Waals surface area contributed by atoms with Crippen LogP contribution in [0.25, 0.3) is 0 Å². The lowest BCUT2D eigenvalue weighted by Gasteiger charge is -2.19. The lowest BCUT2D eigenvalue weighted by Crippen LogP contribution is -2.27. The minimum absolute atomic E-state index is 0.243. The van der Waals surface area contributed by atoms with Crippen LogP contribution in [0.4, 0.5) is 5.82 Å². The molecule has 2 heterocycles. The van der Waals surface area contributed by atoms with Crippen LogP contribution in [0.1, 0.15) is 12.0 Å². The molecular weight excluding hydrogens is 238 g/mol. The van der Waals surface area contributed by atoms with Gasteiger partial charge >= 0.3 is 0 Å². The van der Waals surface area contributed by atoms with E-state index in [1.165, 1.54) is 0 Å². The number of nitrogen functional groups attached to an aromatic ring is 1. The van der Waals surface area contributed by atoms with E-state index in [9.17, 15) is 8.42 Å². The molecule has 1 aromatic heterocycles. The number of pyridine rings is 1. The van der Waals surface area contributed by atoms with Crippen molar-refractivity contribution in [1.29, 1.82) is 0 Å². The van der Waals surface area contributed by atoms with Crippen molar-refractivity contribution in [3.05, 3.63) is 23.9 Å². The molecule has 5 nitrogen and oxygen atoms in total. The van der Waals surface area contributed by atoms with E-state index in [0.717, 1.165) is 12.1 Å². The molecule has 1 aliphatic rings. The van der Waals surface area contributed by atoms with Crippen LogP contribution in [0.5, 0.6) is 0 Å². The highest BCUT2D eigenvalue weighted by Gasteiger charge is 2.19. The van der Waals surface area contributed by atoms with Crippen molar-refractivity contribution < 1.29 is 8.42 Å². The number of nitrogens with zero attached hydrogens (tertiary/aromatic N) is 2. The van der Waals surface area contributed by atoms with Gasteiger partial charge in [0.25, 0.3) is 0 Å². The van der Waals surface area contributed by atoms with Gasteiger partial charge in [0.2, 0.25) is 0 Å². The zero-order valence-electron chi connectivity index (χ0n) is 9.67. The average molecular weight is 255 g/mol. The van der Waals surface area contributed by atoms with Gasteiger partial charge in [-0.15, -0.1) is 0 Å². The molecule has 1 saturated heterocycles. The number of rotatable bonds is 2. The van der Waals surface area contributed by atoms with Crippen molar-refractivity contribution in [1.82, 2.24) is 9.88 Å². The first kappa shape index (κ1) is 12.3. The zero-order valence-corrected chi connectivity index (χ0v) is 10.5. The van der Waals surface area contributed by atoms with Crippen LogP contribution < -0.4 is 5.73 Å². The third-order valence-corrected chi connectivity index (χ3v) is 4.68. The zero-order chi connectivity index (χ0) is 12.3. The van der Waals surface area contributed by atoms with Crippen LogP contribution in [-0.4, -0.2) is 42.9 Å². The van der Waals surface area contributed by atoms with Gasteiger partial charge in [-0.3, -0.25) is 4.90 Å². The molecule has 0 bridgehead atoms. The number of anilines is 1. The van der Waals surface area contributed by atoms with Crippen LogP contribution >= 0.6 is 0 Å². The van der Waals surface area contributed by atoms with Crippen molar-refractivity contribution in [2.24, 2.45) is 0 Å². The third-order valence-electron chi connectivity index (χ3n) is 2.97. The fraction of sp³-hybridized carbons (Fsp3) is 0.545. The number of hydrogen-bond acceptors (Lipinski definition) is 5. The van der Waals surface area contributed by atoms with Crippen molar-refractivity contribution in [3.8, 4) is 0 Å². The molecule has 94 valence electrons. The van der Waals surface area contributed by atoms with Crippen LogP contribution in [0.15, 0.2) is 18.3 Å². The van der Waals surface area contributed by atoms with Gasteiger partial charge in [0.05, 0.1) is 11.5 Å². The van der Waals surface area contributed by atoms with E-state index >= 15 is 0 Å². The second kappa shape index (κ2) is 5.01. The number of nitrogens with two attached hydrogens (primary N) is 1. The minimum atomic E-state index is -2.84.